The Kier molecular flexibility index (Phi) is 9.34. The van der Waals surface area contributed by atoms with Gasteiger partial charge in [-0.3, -0.25) is 9.59 Å². The van der Waals surface area contributed by atoms with E-state index in [1.165, 1.54) is 25.7 Å². The van der Waals surface area contributed by atoms with Crippen molar-refractivity contribution in [2.24, 2.45) is 11.3 Å². The minimum atomic E-state index is -4.49. The number of carbonyl (C=O) groups is 2. The number of rotatable bonds is 10. The van der Waals surface area contributed by atoms with Crippen LogP contribution in [0.5, 0.6) is 0 Å². The second-order valence-electron chi connectivity index (χ2n) is 12.6. The molecule has 1 amide bonds. The Bertz CT molecular complexity index is 1430. The molecule has 4 atom stereocenters. The minimum Gasteiger partial charge on any atom is -0.481 e. The number of nitrogens with zero attached hydrogens (tertiary/aromatic N) is 2. The fourth-order valence-electron chi connectivity index (χ4n) is 6.01. The Morgan fingerprint density at radius 1 is 1.10 bits per heavy atom. The predicted octanol–water partition coefficient (Wildman–Crippen LogP) is 6.96. The Morgan fingerprint density at radius 3 is 2.21 bits per heavy atom. The highest BCUT2D eigenvalue weighted by molar-refractivity contribution is 7.90. The molecule has 1 saturated heterocycles. The van der Waals surface area contributed by atoms with Crippen molar-refractivity contribution in [2.75, 3.05) is 6.54 Å². The van der Waals surface area contributed by atoms with Gasteiger partial charge in [-0.25, -0.2) is 8.42 Å². The molecule has 230 valence electrons. The summed E-state index contributed by atoms with van der Waals surface area (Å²) in [6.07, 6.45) is 0.902. The molecule has 0 radical (unpaired) electrons. The molecule has 2 aromatic carbocycles. The number of hydrogen-bond donors (Lipinski definition) is 1. The fraction of sp³-hybridized carbons (Fsp3) is 0.533. The summed E-state index contributed by atoms with van der Waals surface area (Å²) in [7, 11) is -4.49. The van der Waals surface area contributed by atoms with Crippen LogP contribution in [0.25, 0.3) is 0 Å². The van der Waals surface area contributed by atoms with E-state index in [9.17, 15) is 31.9 Å². The average molecular weight is 646 g/mol. The van der Waals surface area contributed by atoms with Gasteiger partial charge in [-0.15, -0.1) is 4.31 Å². The number of carboxylic acid groups (broad SMARTS) is 1. The van der Waals surface area contributed by atoms with E-state index in [2.05, 4.69) is 0 Å². The zero-order valence-electron chi connectivity index (χ0n) is 23.9. The van der Waals surface area contributed by atoms with Crippen molar-refractivity contribution in [3.63, 3.8) is 0 Å². The summed E-state index contributed by atoms with van der Waals surface area (Å²) in [6, 6.07) is 12.3. The third-order valence-electron chi connectivity index (χ3n) is 8.32. The summed E-state index contributed by atoms with van der Waals surface area (Å²) in [5, 5.41) is 10.7. The molecular weight excluding hydrogens is 609 g/mol. The summed E-state index contributed by atoms with van der Waals surface area (Å²) in [5.74, 6) is -2.41. The number of piperidine rings is 1. The first kappa shape index (κ1) is 32.6. The number of alkyl halides is 2. The van der Waals surface area contributed by atoms with E-state index in [4.69, 9.17) is 23.2 Å². The van der Waals surface area contributed by atoms with Gasteiger partial charge in [-0.2, -0.15) is 8.78 Å². The summed E-state index contributed by atoms with van der Waals surface area (Å²) >= 11 is 12.6. The van der Waals surface area contributed by atoms with E-state index in [-0.39, 0.29) is 16.6 Å². The molecule has 7 nitrogen and oxygen atoms in total. The Balaban J connectivity index is 1.94. The van der Waals surface area contributed by atoms with Gasteiger partial charge in [0.25, 0.3) is 0 Å². The van der Waals surface area contributed by atoms with Crippen molar-refractivity contribution in [3.8, 4) is 0 Å². The SMILES string of the molecule is CC(C)(C)S(=O)(=O)N(C[C@H](C1CC1)N1C(=O)[C@@](C)(CC(=O)O)C[C@H](c2cccc(Cl)c2)[C@H]1c1ccc(Cl)cc1)C(F)F. The van der Waals surface area contributed by atoms with Crippen LogP contribution in [0.4, 0.5) is 8.78 Å². The molecule has 2 aromatic rings. The fourth-order valence-corrected chi connectivity index (χ4v) is 7.60. The lowest BCUT2D eigenvalue weighted by molar-refractivity contribution is -0.162. The van der Waals surface area contributed by atoms with Gasteiger partial charge in [0.05, 0.1) is 22.6 Å². The molecule has 0 bridgehead atoms. The first-order valence-corrected chi connectivity index (χ1v) is 16.0. The largest absolute Gasteiger partial charge is 0.481 e. The van der Waals surface area contributed by atoms with E-state index < -0.39 is 69.6 Å². The van der Waals surface area contributed by atoms with Crippen LogP contribution in [0.1, 0.15) is 76.5 Å². The maximum atomic E-state index is 14.5. The predicted molar refractivity (Wildman–Crippen MR) is 158 cm³/mol. The normalized spacial score (nSPS) is 24.3. The van der Waals surface area contributed by atoms with Crippen LogP contribution in [0, 0.1) is 11.3 Å². The molecule has 0 aromatic heterocycles. The van der Waals surface area contributed by atoms with E-state index in [0.29, 0.717) is 28.5 Å². The summed E-state index contributed by atoms with van der Waals surface area (Å²) in [5.41, 5.74) is 0.0233. The molecular formula is C30H36Cl2F2N2O5S. The Morgan fingerprint density at radius 2 is 1.71 bits per heavy atom. The third-order valence-corrected chi connectivity index (χ3v) is 11.3. The van der Waals surface area contributed by atoms with Crippen molar-refractivity contribution in [2.45, 2.75) is 82.7 Å². The number of sulfonamides is 1. The highest BCUT2D eigenvalue weighted by atomic mass is 35.5. The first-order valence-electron chi connectivity index (χ1n) is 13.8. The summed E-state index contributed by atoms with van der Waals surface area (Å²) in [4.78, 5) is 28.1. The van der Waals surface area contributed by atoms with E-state index in [0.717, 1.165) is 5.56 Å². The molecule has 1 saturated carbocycles. The summed E-state index contributed by atoms with van der Waals surface area (Å²) < 4.78 is 54.5. The zero-order chi connectivity index (χ0) is 31.2. The Hall–Kier alpha value is -2.27. The molecule has 1 aliphatic carbocycles. The molecule has 2 aliphatic rings. The quantitative estimate of drug-likeness (QED) is 0.282. The molecule has 2 fully saturated rings. The van der Waals surface area contributed by atoms with Gasteiger partial charge in [0.15, 0.2) is 0 Å². The number of amides is 1. The van der Waals surface area contributed by atoms with Gasteiger partial charge in [0.2, 0.25) is 15.9 Å². The standard InChI is InChI=1S/C30H36Cl2F2N2O5S/c1-29(2,3)42(40,41)35(28(33)34)17-24(18-8-9-18)36-26(19-10-12-21(31)13-11-19)23(20-6-5-7-22(32)14-20)15-30(4,27(36)39)16-25(37)38/h5-7,10-14,18,23-24,26,28H,8-9,15-17H2,1-4H3,(H,37,38)/t23-,24-,26-,30-/m1/s1. The van der Waals surface area contributed by atoms with Crippen molar-refractivity contribution in [1.82, 2.24) is 9.21 Å². The van der Waals surface area contributed by atoms with Crippen LogP contribution in [0.3, 0.4) is 0 Å². The minimum absolute atomic E-state index is 0.151. The lowest BCUT2D eigenvalue weighted by Gasteiger charge is -2.52. The van der Waals surface area contributed by atoms with E-state index in [1.807, 2.05) is 6.07 Å². The highest BCUT2D eigenvalue weighted by Gasteiger charge is 2.56. The van der Waals surface area contributed by atoms with Gasteiger partial charge < -0.3 is 10.0 Å². The van der Waals surface area contributed by atoms with Gasteiger partial charge >= 0.3 is 12.5 Å². The number of carbonyl (C=O) groups excluding carboxylic acids is 1. The van der Waals surface area contributed by atoms with Crippen LogP contribution >= 0.6 is 23.2 Å². The Labute approximate surface area is 255 Å². The van der Waals surface area contributed by atoms with Crippen molar-refractivity contribution in [3.05, 3.63) is 69.7 Å². The second kappa shape index (κ2) is 12.0. The number of benzene rings is 2. The number of likely N-dealkylation sites (tertiary alicyclic amines) is 1. The second-order valence-corrected chi connectivity index (χ2v) is 16.1. The smallest absolute Gasteiger partial charge is 0.307 e. The zero-order valence-corrected chi connectivity index (χ0v) is 26.3. The highest BCUT2D eigenvalue weighted by Crippen LogP contribution is 2.54. The third kappa shape index (κ3) is 6.61. The van der Waals surface area contributed by atoms with E-state index >= 15 is 0 Å². The van der Waals surface area contributed by atoms with Crippen LogP contribution in [0.2, 0.25) is 10.0 Å². The molecule has 12 heteroatoms. The molecule has 4 rings (SSSR count). The van der Waals surface area contributed by atoms with Crippen LogP contribution in [-0.4, -0.2) is 58.5 Å². The van der Waals surface area contributed by atoms with Gasteiger partial charge in [-0.05, 0) is 81.3 Å². The van der Waals surface area contributed by atoms with E-state index in [1.54, 1.807) is 49.4 Å². The van der Waals surface area contributed by atoms with Crippen molar-refractivity contribution < 1.29 is 31.9 Å². The topological polar surface area (TPSA) is 95.0 Å². The number of aliphatic carboxylic acids is 1. The molecule has 0 unspecified atom stereocenters. The van der Waals surface area contributed by atoms with Crippen molar-refractivity contribution >= 4 is 45.1 Å². The number of hydrogen-bond acceptors (Lipinski definition) is 4. The number of halogens is 4. The lowest BCUT2D eigenvalue weighted by Crippen LogP contribution is -2.60. The monoisotopic (exact) mass is 644 g/mol. The maximum Gasteiger partial charge on any atom is 0.307 e. The van der Waals surface area contributed by atoms with Crippen LogP contribution in [-0.2, 0) is 19.6 Å². The first-order chi connectivity index (χ1) is 19.5. The lowest BCUT2D eigenvalue weighted by atomic mass is 9.67. The molecule has 1 heterocycles. The molecule has 1 aliphatic heterocycles. The average Bonchev–Trinajstić information content (AvgIpc) is 3.71. The van der Waals surface area contributed by atoms with Gasteiger partial charge in [0.1, 0.15) is 0 Å². The van der Waals surface area contributed by atoms with Crippen molar-refractivity contribution in [1.29, 1.82) is 0 Å². The summed E-state index contributed by atoms with van der Waals surface area (Å²) in [6.45, 7) is 1.68. The maximum absolute atomic E-state index is 14.5. The molecule has 1 N–H and O–H groups in total. The van der Waals surface area contributed by atoms with Crippen LogP contribution in [0.15, 0.2) is 48.5 Å². The van der Waals surface area contributed by atoms with Crippen LogP contribution < -0.4 is 0 Å². The molecule has 42 heavy (non-hydrogen) atoms. The number of carboxylic acids is 1. The van der Waals surface area contributed by atoms with Gasteiger partial charge in [-0.1, -0.05) is 54.4 Å². The van der Waals surface area contributed by atoms with Gasteiger partial charge in [0, 0.05) is 28.5 Å². The molecule has 0 spiro atoms.